The van der Waals surface area contributed by atoms with Gasteiger partial charge in [-0.15, -0.1) is 0 Å². The molecule has 0 radical (unpaired) electrons. The number of carbonyl (C=O) groups excluding carboxylic acids is 1. The Bertz CT molecular complexity index is 569. The summed E-state index contributed by atoms with van der Waals surface area (Å²) in [5.74, 6) is 1.14. The van der Waals surface area contributed by atoms with Crippen LogP contribution in [0.4, 0.5) is 5.82 Å². The Morgan fingerprint density at radius 1 is 1.39 bits per heavy atom. The summed E-state index contributed by atoms with van der Waals surface area (Å²) in [5, 5.41) is 0. The Morgan fingerprint density at radius 3 is 2.78 bits per heavy atom. The van der Waals surface area contributed by atoms with Crippen molar-refractivity contribution in [2.45, 2.75) is 51.2 Å². The quantitative estimate of drug-likeness (QED) is 0.832. The molecule has 2 aliphatic heterocycles. The van der Waals surface area contributed by atoms with Crippen LogP contribution in [0.25, 0.3) is 0 Å². The van der Waals surface area contributed by atoms with E-state index in [0.717, 1.165) is 56.9 Å². The van der Waals surface area contributed by atoms with Gasteiger partial charge in [-0.3, -0.25) is 4.79 Å². The molecule has 0 N–H and O–H groups in total. The van der Waals surface area contributed by atoms with Gasteiger partial charge in [0.15, 0.2) is 0 Å². The van der Waals surface area contributed by atoms with Crippen LogP contribution in [0.2, 0.25) is 0 Å². The third-order valence-electron chi connectivity index (χ3n) is 5.30. The zero-order valence-corrected chi connectivity index (χ0v) is 14.3. The van der Waals surface area contributed by atoms with E-state index in [0.29, 0.717) is 6.04 Å². The van der Waals surface area contributed by atoms with Gasteiger partial charge in [-0.2, -0.15) is 0 Å². The van der Waals surface area contributed by atoms with E-state index in [1.165, 1.54) is 0 Å². The van der Waals surface area contributed by atoms with Crippen LogP contribution < -0.4 is 4.90 Å². The normalized spacial score (nSPS) is 23.8. The van der Waals surface area contributed by atoms with Crippen LogP contribution in [0.15, 0.2) is 12.4 Å². The molecule has 1 amide bonds. The maximum atomic E-state index is 11.6. The lowest BCUT2D eigenvalue weighted by molar-refractivity contribution is -0.141. The Kier molecular flexibility index (Phi) is 4.53. The van der Waals surface area contributed by atoms with Crippen molar-refractivity contribution < 1.29 is 9.53 Å². The number of piperidine rings is 1. The highest BCUT2D eigenvalue weighted by Crippen LogP contribution is 2.37. The van der Waals surface area contributed by atoms with Gasteiger partial charge in [0.05, 0.1) is 5.60 Å². The van der Waals surface area contributed by atoms with Crippen LogP contribution >= 0.6 is 0 Å². The second-order valence-corrected chi connectivity index (χ2v) is 6.81. The maximum Gasteiger partial charge on any atom is 0.219 e. The molecule has 3 heterocycles. The minimum atomic E-state index is -0.0782. The fourth-order valence-electron chi connectivity index (χ4n) is 3.69. The summed E-state index contributed by atoms with van der Waals surface area (Å²) in [4.78, 5) is 24.4. The predicted octanol–water partition coefficient (Wildman–Crippen LogP) is 1.78. The molecule has 3 rings (SSSR count). The van der Waals surface area contributed by atoms with Gasteiger partial charge in [0.25, 0.3) is 0 Å². The molecule has 0 aromatic carbocycles. The van der Waals surface area contributed by atoms with Gasteiger partial charge in [0.2, 0.25) is 5.91 Å². The van der Waals surface area contributed by atoms with Crippen LogP contribution in [0.5, 0.6) is 0 Å². The highest BCUT2D eigenvalue weighted by atomic mass is 16.5. The minimum absolute atomic E-state index is 0.0782. The summed E-state index contributed by atoms with van der Waals surface area (Å²) < 4.78 is 6.18. The number of aromatic nitrogens is 2. The second kappa shape index (κ2) is 6.43. The first-order chi connectivity index (χ1) is 11.0. The number of amides is 1. The zero-order chi connectivity index (χ0) is 16.4. The largest absolute Gasteiger partial charge is 0.375 e. The van der Waals surface area contributed by atoms with Crippen LogP contribution in [0, 0.1) is 6.92 Å². The van der Waals surface area contributed by atoms with E-state index in [4.69, 9.17) is 4.74 Å². The first kappa shape index (κ1) is 16.2. The molecule has 1 aromatic rings. The van der Waals surface area contributed by atoms with E-state index in [1.54, 1.807) is 13.3 Å². The molecule has 6 heteroatoms. The summed E-state index contributed by atoms with van der Waals surface area (Å²) in [7, 11) is 1.91. The van der Waals surface area contributed by atoms with Crippen LogP contribution in [0.1, 0.15) is 38.3 Å². The topological polar surface area (TPSA) is 58.6 Å². The second-order valence-electron chi connectivity index (χ2n) is 6.81. The third kappa shape index (κ3) is 3.47. The molecule has 23 heavy (non-hydrogen) atoms. The van der Waals surface area contributed by atoms with E-state index in [2.05, 4.69) is 14.9 Å². The summed E-state index contributed by atoms with van der Waals surface area (Å²) in [6.07, 6.45) is 5.48. The molecule has 0 saturated carbocycles. The lowest BCUT2D eigenvalue weighted by Gasteiger charge is -2.48. The van der Waals surface area contributed by atoms with Gasteiger partial charge in [-0.25, -0.2) is 9.97 Å². The van der Waals surface area contributed by atoms with Gasteiger partial charge in [-0.1, -0.05) is 0 Å². The van der Waals surface area contributed by atoms with Gasteiger partial charge in [0, 0.05) is 51.5 Å². The molecule has 1 spiro atoms. The van der Waals surface area contributed by atoms with Crippen molar-refractivity contribution in [1.29, 1.82) is 0 Å². The van der Waals surface area contributed by atoms with Crippen LogP contribution in [-0.4, -0.2) is 59.2 Å². The van der Waals surface area contributed by atoms with E-state index < -0.39 is 0 Å². The van der Waals surface area contributed by atoms with Crippen molar-refractivity contribution in [3.05, 3.63) is 18.1 Å². The molecule has 2 fully saturated rings. The number of rotatable bonds is 2. The average Bonchev–Trinajstić information content (AvgIpc) is 2.55. The molecule has 2 saturated heterocycles. The molecule has 6 nitrogen and oxygen atoms in total. The molecule has 0 aliphatic carbocycles. The van der Waals surface area contributed by atoms with Crippen molar-refractivity contribution in [3.8, 4) is 0 Å². The number of anilines is 1. The SMILES string of the molecule is CC(=O)N(C)C1CCOC2(CCN(c3cc(C)ncn3)CC2)C1. The van der Waals surface area contributed by atoms with Gasteiger partial charge in [-0.05, 0) is 32.6 Å². The monoisotopic (exact) mass is 318 g/mol. The Balaban J connectivity index is 1.64. The van der Waals surface area contributed by atoms with E-state index in [-0.39, 0.29) is 11.5 Å². The van der Waals surface area contributed by atoms with Gasteiger partial charge < -0.3 is 14.5 Å². The highest BCUT2D eigenvalue weighted by Gasteiger charge is 2.41. The van der Waals surface area contributed by atoms with Crippen molar-refractivity contribution in [1.82, 2.24) is 14.9 Å². The molecular formula is C17H26N4O2. The number of carbonyl (C=O) groups is 1. The molecule has 1 atom stereocenters. The maximum absolute atomic E-state index is 11.6. The number of ether oxygens (including phenoxy) is 1. The smallest absolute Gasteiger partial charge is 0.219 e. The minimum Gasteiger partial charge on any atom is -0.375 e. The van der Waals surface area contributed by atoms with E-state index in [9.17, 15) is 4.79 Å². The number of aryl methyl sites for hydroxylation is 1. The first-order valence-electron chi connectivity index (χ1n) is 8.40. The molecule has 2 aliphatic rings. The summed E-state index contributed by atoms with van der Waals surface area (Å²) >= 11 is 0. The summed E-state index contributed by atoms with van der Waals surface area (Å²) in [6, 6.07) is 2.33. The van der Waals surface area contributed by atoms with Crippen LogP contribution in [0.3, 0.4) is 0 Å². The Labute approximate surface area is 137 Å². The fourth-order valence-corrected chi connectivity index (χ4v) is 3.69. The van der Waals surface area contributed by atoms with Crippen molar-refractivity contribution >= 4 is 11.7 Å². The standard InChI is InChI=1S/C17H26N4O2/c1-13-10-16(19-12-18-13)21-7-5-17(6-8-21)11-15(4-9-23-17)20(3)14(2)22/h10,12,15H,4-9,11H2,1-3H3. The van der Waals surface area contributed by atoms with Gasteiger partial charge >= 0.3 is 0 Å². The average molecular weight is 318 g/mol. The highest BCUT2D eigenvalue weighted by molar-refractivity contribution is 5.73. The number of hydrogen-bond donors (Lipinski definition) is 0. The third-order valence-corrected chi connectivity index (χ3v) is 5.30. The van der Waals surface area contributed by atoms with E-state index in [1.807, 2.05) is 24.9 Å². The molecule has 1 unspecified atom stereocenters. The summed E-state index contributed by atoms with van der Waals surface area (Å²) in [6.45, 7) is 6.25. The first-order valence-corrected chi connectivity index (χ1v) is 8.40. The Hall–Kier alpha value is -1.69. The molecule has 126 valence electrons. The van der Waals surface area contributed by atoms with Crippen LogP contribution in [-0.2, 0) is 9.53 Å². The molecular weight excluding hydrogens is 292 g/mol. The van der Waals surface area contributed by atoms with E-state index >= 15 is 0 Å². The predicted molar refractivity (Wildman–Crippen MR) is 88.4 cm³/mol. The summed E-state index contributed by atoms with van der Waals surface area (Å²) in [5.41, 5.74) is 0.915. The van der Waals surface area contributed by atoms with Crippen molar-refractivity contribution in [2.24, 2.45) is 0 Å². The fraction of sp³-hybridized carbons (Fsp3) is 0.706. The van der Waals surface area contributed by atoms with Crippen molar-refractivity contribution in [2.75, 3.05) is 31.6 Å². The van der Waals surface area contributed by atoms with Crippen molar-refractivity contribution in [3.63, 3.8) is 0 Å². The molecule has 1 aromatic heterocycles. The number of nitrogens with zero attached hydrogens (tertiary/aromatic N) is 4. The molecule has 0 bridgehead atoms. The zero-order valence-electron chi connectivity index (χ0n) is 14.3. The van der Waals surface area contributed by atoms with Gasteiger partial charge in [0.1, 0.15) is 12.1 Å². The number of hydrogen-bond acceptors (Lipinski definition) is 5. The lowest BCUT2D eigenvalue weighted by atomic mass is 9.82. The lowest BCUT2D eigenvalue weighted by Crippen LogP contribution is -2.54. The Morgan fingerprint density at radius 2 is 2.13 bits per heavy atom.